The van der Waals surface area contributed by atoms with Gasteiger partial charge in [0.2, 0.25) is 0 Å². The molecule has 0 unspecified atom stereocenters. The number of rotatable bonds is 7. The van der Waals surface area contributed by atoms with Crippen LogP contribution in [0.3, 0.4) is 0 Å². The molecule has 10 heteroatoms. The van der Waals surface area contributed by atoms with Gasteiger partial charge in [-0.15, -0.1) is 0 Å². The maximum absolute atomic E-state index is 13.3. The Morgan fingerprint density at radius 3 is 2.28 bits per heavy atom. The van der Waals surface area contributed by atoms with Gasteiger partial charge in [0.15, 0.2) is 17.2 Å². The van der Waals surface area contributed by atoms with E-state index in [1.165, 1.54) is 30.3 Å². The molecule has 1 N–H and O–H groups in total. The third-order valence-corrected chi connectivity index (χ3v) is 5.96. The number of carbonyl (C=O) groups is 1. The molecule has 2 aromatic heterocycles. The SMILES string of the molecule is COc1cc2nccc(Oc3ccc(NC(=O)c4nn(-c5ccc(F)cc5)c(=O)cc4C)cc3)c2cc1OC. The number of amides is 1. The first-order valence-corrected chi connectivity index (χ1v) is 11.8. The summed E-state index contributed by atoms with van der Waals surface area (Å²) in [6, 6.07) is 18.7. The molecule has 3 aromatic carbocycles. The Labute approximate surface area is 222 Å². The topological polar surface area (TPSA) is 105 Å². The quantitative estimate of drug-likeness (QED) is 0.307. The number of benzene rings is 3. The van der Waals surface area contributed by atoms with Crippen LogP contribution in [0.2, 0.25) is 0 Å². The Bertz CT molecular complexity index is 1730. The second-order valence-electron chi connectivity index (χ2n) is 8.52. The minimum absolute atomic E-state index is 0.0619. The molecule has 0 radical (unpaired) electrons. The molecule has 0 saturated carbocycles. The third-order valence-electron chi connectivity index (χ3n) is 5.96. The van der Waals surface area contributed by atoms with Gasteiger partial charge in [0.25, 0.3) is 11.5 Å². The number of aryl methyl sites for hydroxylation is 1. The van der Waals surface area contributed by atoms with E-state index >= 15 is 0 Å². The number of ether oxygens (including phenoxy) is 3. The molecule has 5 aromatic rings. The normalized spacial score (nSPS) is 10.8. The molecule has 0 aliphatic rings. The Morgan fingerprint density at radius 2 is 1.59 bits per heavy atom. The van der Waals surface area contributed by atoms with Crippen molar-refractivity contribution in [2.75, 3.05) is 19.5 Å². The van der Waals surface area contributed by atoms with Crippen LogP contribution >= 0.6 is 0 Å². The van der Waals surface area contributed by atoms with Gasteiger partial charge in [-0.2, -0.15) is 9.78 Å². The fourth-order valence-electron chi connectivity index (χ4n) is 3.99. The van der Waals surface area contributed by atoms with E-state index in [1.807, 2.05) is 0 Å². The second kappa shape index (κ2) is 10.6. The summed E-state index contributed by atoms with van der Waals surface area (Å²) < 4.78 is 31.2. The largest absolute Gasteiger partial charge is 0.493 e. The first-order valence-electron chi connectivity index (χ1n) is 11.8. The number of carbonyl (C=O) groups excluding carboxylic acids is 1. The zero-order chi connectivity index (χ0) is 27.5. The van der Waals surface area contributed by atoms with Gasteiger partial charge in [0, 0.05) is 29.4 Å². The molecule has 0 bridgehead atoms. The van der Waals surface area contributed by atoms with Crippen LogP contribution in [-0.4, -0.2) is 34.9 Å². The predicted molar refractivity (Wildman–Crippen MR) is 144 cm³/mol. The zero-order valence-corrected chi connectivity index (χ0v) is 21.3. The summed E-state index contributed by atoms with van der Waals surface area (Å²) in [5, 5.41) is 7.74. The van der Waals surface area contributed by atoms with E-state index in [0.717, 1.165) is 10.1 Å². The van der Waals surface area contributed by atoms with Crippen molar-refractivity contribution in [1.82, 2.24) is 14.8 Å². The highest BCUT2D eigenvalue weighted by atomic mass is 19.1. The van der Waals surface area contributed by atoms with Crippen LogP contribution in [0.5, 0.6) is 23.0 Å². The highest BCUT2D eigenvalue weighted by Crippen LogP contribution is 2.37. The predicted octanol–water partition coefficient (Wildman–Crippen LogP) is 5.29. The lowest BCUT2D eigenvalue weighted by molar-refractivity contribution is 0.102. The summed E-state index contributed by atoms with van der Waals surface area (Å²) in [5.41, 5.74) is 1.56. The molecule has 9 nitrogen and oxygen atoms in total. The third kappa shape index (κ3) is 5.26. The van der Waals surface area contributed by atoms with E-state index in [-0.39, 0.29) is 5.69 Å². The second-order valence-corrected chi connectivity index (χ2v) is 8.52. The standard InChI is InChI=1S/C29H23FN4O5/c1-17-14-27(35)34(20-8-4-18(30)5-9-20)33-28(17)29(36)32-19-6-10-21(11-7-19)39-24-12-13-31-23-16-26(38-3)25(37-2)15-22(23)24/h4-16H,1-3H3,(H,32,36). The first-order chi connectivity index (χ1) is 18.9. The molecular weight excluding hydrogens is 503 g/mol. The lowest BCUT2D eigenvalue weighted by Crippen LogP contribution is -2.26. The van der Waals surface area contributed by atoms with Gasteiger partial charge in [0.1, 0.15) is 17.3 Å². The van der Waals surface area contributed by atoms with Crippen LogP contribution in [0.1, 0.15) is 16.1 Å². The van der Waals surface area contributed by atoms with E-state index in [0.29, 0.717) is 45.5 Å². The molecule has 0 aliphatic carbocycles. The number of hydrogen-bond donors (Lipinski definition) is 1. The fraction of sp³-hybridized carbons (Fsp3) is 0.103. The summed E-state index contributed by atoms with van der Waals surface area (Å²) in [4.78, 5) is 29.8. The van der Waals surface area contributed by atoms with Crippen molar-refractivity contribution < 1.29 is 23.4 Å². The first kappa shape index (κ1) is 25.4. The van der Waals surface area contributed by atoms with Gasteiger partial charge in [-0.1, -0.05) is 0 Å². The van der Waals surface area contributed by atoms with Crippen LogP contribution in [-0.2, 0) is 0 Å². The number of fused-ring (bicyclic) bond motifs is 1. The number of nitrogens with one attached hydrogen (secondary N) is 1. The average molecular weight is 527 g/mol. The van der Waals surface area contributed by atoms with E-state index < -0.39 is 17.3 Å². The van der Waals surface area contributed by atoms with E-state index in [2.05, 4.69) is 15.4 Å². The molecule has 196 valence electrons. The Kier molecular flexibility index (Phi) is 6.92. The summed E-state index contributed by atoms with van der Waals surface area (Å²) >= 11 is 0. The van der Waals surface area contributed by atoms with E-state index in [4.69, 9.17) is 14.2 Å². The van der Waals surface area contributed by atoms with Crippen LogP contribution < -0.4 is 25.1 Å². The number of halogens is 1. The van der Waals surface area contributed by atoms with E-state index in [1.54, 1.807) is 69.8 Å². The smallest absolute Gasteiger partial charge is 0.276 e. The van der Waals surface area contributed by atoms with Crippen molar-refractivity contribution in [3.8, 4) is 28.7 Å². The van der Waals surface area contributed by atoms with E-state index in [9.17, 15) is 14.0 Å². The lowest BCUT2D eigenvalue weighted by atomic mass is 10.2. The molecule has 5 rings (SSSR count). The molecule has 2 heterocycles. The highest BCUT2D eigenvalue weighted by Gasteiger charge is 2.16. The number of aromatic nitrogens is 3. The molecule has 0 aliphatic heterocycles. The monoisotopic (exact) mass is 526 g/mol. The number of pyridine rings is 1. The van der Waals surface area contributed by atoms with Crippen molar-refractivity contribution >= 4 is 22.5 Å². The maximum Gasteiger partial charge on any atom is 0.276 e. The van der Waals surface area contributed by atoms with Gasteiger partial charge in [-0.05, 0) is 73.2 Å². The molecule has 0 spiro atoms. The minimum atomic E-state index is -0.502. The Balaban J connectivity index is 1.36. The number of methoxy groups -OCH3 is 2. The molecule has 1 amide bonds. The van der Waals surface area contributed by atoms with Gasteiger partial charge in [-0.25, -0.2) is 4.39 Å². The summed E-state index contributed by atoms with van der Waals surface area (Å²) in [6.45, 7) is 1.62. The maximum atomic E-state index is 13.3. The van der Waals surface area contributed by atoms with Crippen molar-refractivity contribution in [2.45, 2.75) is 6.92 Å². The molecular formula is C29H23FN4O5. The van der Waals surface area contributed by atoms with Crippen molar-refractivity contribution in [1.29, 1.82) is 0 Å². The number of anilines is 1. The van der Waals surface area contributed by atoms with Crippen molar-refractivity contribution in [2.24, 2.45) is 0 Å². The van der Waals surface area contributed by atoms with Gasteiger partial charge in [-0.3, -0.25) is 14.6 Å². The van der Waals surface area contributed by atoms with Crippen LogP contribution in [0, 0.1) is 12.7 Å². The van der Waals surface area contributed by atoms with Gasteiger partial charge >= 0.3 is 0 Å². The van der Waals surface area contributed by atoms with Crippen molar-refractivity contribution in [3.63, 3.8) is 0 Å². The van der Waals surface area contributed by atoms with Crippen LogP contribution in [0.4, 0.5) is 10.1 Å². The summed E-state index contributed by atoms with van der Waals surface area (Å²) in [5.74, 6) is 1.28. The highest BCUT2D eigenvalue weighted by molar-refractivity contribution is 6.03. The van der Waals surface area contributed by atoms with Crippen LogP contribution in [0.25, 0.3) is 16.6 Å². The Hall–Kier alpha value is -5.25. The number of nitrogens with zero attached hydrogens (tertiary/aromatic N) is 3. The lowest BCUT2D eigenvalue weighted by Gasteiger charge is -2.13. The summed E-state index contributed by atoms with van der Waals surface area (Å²) in [7, 11) is 3.12. The van der Waals surface area contributed by atoms with Crippen molar-refractivity contribution in [3.05, 3.63) is 106 Å². The van der Waals surface area contributed by atoms with Gasteiger partial charge < -0.3 is 19.5 Å². The molecule has 39 heavy (non-hydrogen) atoms. The average Bonchev–Trinajstić information content (AvgIpc) is 2.94. The molecule has 0 atom stereocenters. The Morgan fingerprint density at radius 1 is 0.897 bits per heavy atom. The number of hydrogen-bond acceptors (Lipinski definition) is 7. The minimum Gasteiger partial charge on any atom is -0.493 e. The van der Waals surface area contributed by atoms with Crippen LogP contribution in [0.15, 0.2) is 83.8 Å². The molecule has 0 saturated heterocycles. The fourth-order valence-corrected chi connectivity index (χ4v) is 3.99. The van der Waals surface area contributed by atoms with Gasteiger partial charge in [0.05, 0.1) is 25.4 Å². The molecule has 0 fully saturated rings. The zero-order valence-electron chi connectivity index (χ0n) is 21.3. The summed E-state index contributed by atoms with van der Waals surface area (Å²) in [6.07, 6.45) is 1.64.